The fourth-order valence-electron chi connectivity index (χ4n) is 7.01. The van der Waals surface area contributed by atoms with Crippen molar-refractivity contribution in [1.82, 2.24) is 35.1 Å². The first-order valence-corrected chi connectivity index (χ1v) is 15.0. The molecule has 3 heterocycles. The molecular weight excluding hydrogens is 523 g/mol. The van der Waals surface area contributed by atoms with Gasteiger partial charge in [0.25, 0.3) is 5.91 Å². The number of carbonyl (C=O) groups is 2. The summed E-state index contributed by atoms with van der Waals surface area (Å²) in [6.45, 7) is 4.22. The molecule has 2 aliphatic rings. The number of nitrogens with zero attached hydrogens (tertiary/aromatic N) is 6. The maximum atomic E-state index is 15.2. The molecule has 41 heavy (non-hydrogen) atoms. The van der Waals surface area contributed by atoms with E-state index >= 15 is 4.39 Å². The average Bonchev–Trinajstić information content (AvgIpc) is 3.60. The number of carbonyl (C=O) groups excluding carboxylic acids is 2. The number of hydrogen-bond donors (Lipinski definition) is 2. The molecule has 0 aliphatic heterocycles. The Morgan fingerprint density at radius 2 is 1.68 bits per heavy atom. The quantitative estimate of drug-likeness (QED) is 0.351. The van der Waals surface area contributed by atoms with Gasteiger partial charge in [0.1, 0.15) is 17.6 Å². The van der Waals surface area contributed by atoms with Crippen molar-refractivity contribution in [3.8, 4) is 11.3 Å². The molecule has 2 amide bonds. The molecule has 2 N–H and O–H groups in total. The van der Waals surface area contributed by atoms with Gasteiger partial charge in [0, 0.05) is 19.8 Å². The summed E-state index contributed by atoms with van der Waals surface area (Å²) in [7, 11) is 1.69. The number of aryl methyl sites for hydroxylation is 3. The predicted molar refractivity (Wildman–Crippen MR) is 153 cm³/mol. The first-order valence-electron chi connectivity index (χ1n) is 15.0. The smallest absolute Gasteiger partial charge is 0.270 e. The minimum Gasteiger partial charge on any atom is -0.339 e. The number of amides is 2. The van der Waals surface area contributed by atoms with E-state index in [1.165, 1.54) is 17.5 Å². The van der Waals surface area contributed by atoms with Crippen LogP contribution in [0.25, 0.3) is 11.3 Å². The molecule has 0 bridgehead atoms. The summed E-state index contributed by atoms with van der Waals surface area (Å²) in [5.41, 5.74) is 1.79. The van der Waals surface area contributed by atoms with Gasteiger partial charge in [-0.25, -0.2) is 9.67 Å². The van der Waals surface area contributed by atoms with Crippen molar-refractivity contribution < 1.29 is 14.0 Å². The van der Waals surface area contributed by atoms with E-state index in [0.29, 0.717) is 35.5 Å². The van der Waals surface area contributed by atoms with Gasteiger partial charge in [-0.15, -0.1) is 5.10 Å². The largest absolute Gasteiger partial charge is 0.339 e. The Morgan fingerprint density at radius 3 is 2.24 bits per heavy atom. The van der Waals surface area contributed by atoms with Crippen molar-refractivity contribution in [1.29, 1.82) is 0 Å². The van der Waals surface area contributed by atoms with Gasteiger partial charge in [0.2, 0.25) is 11.9 Å². The zero-order valence-electron chi connectivity index (χ0n) is 24.3. The number of nitrogens with one attached hydrogen (secondary N) is 2. The number of anilines is 1. The van der Waals surface area contributed by atoms with E-state index < -0.39 is 12.0 Å². The van der Waals surface area contributed by atoms with Crippen LogP contribution in [0, 0.1) is 30.6 Å². The molecule has 3 aromatic rings. The summed E-state index contributed by atoms with van der Waals surface area (Å²) in [5, 5.41) is 18.2. The lowest BCUT2D eigenvalue weighted by Gasteiger charge is -2.41. The number of rotatable bonds is 9. The predicted octanol–water partition coefficient (Wildman–Crippen LogP) is 5.05. The van der Waals surface area contributed by atoms with Gasteiger partial charge in [-0.1, -0.05) is 69.4 Å². The van der Waals surface area contributed by atoms with Gasteiger partial charge in [-0.05, 0) is 49.8 Å². The molecule has 2 fully saturated rings. The Labute approximate surface area is 240 Å². The van der Waals surface area contributed by atoms with Crippen LogP contribution in [0.2, 0.25) is 0 Å². The van der Waals surface area contributed by atoms with Crippen LogP contribution in [-0.4, -0.2) is 47.6 Å². The molecule has 2 aliphatic carbocycles. The first kappa shape index (κ1) is 28.9. The molecule has 3 aromatic heterocycles. The van der Waals surface area contributed by atoms with Crippen molar-refractivity contribution in [3.63, 3.8) is 0 Å². The fourth-order valence-corrected chi connectivity index (χ4v) is 7.01. The van der Waals surface area contributed by atoms with Crippen molar-refractivity contribution in [3.05, 3.63) is 41.7 Å². The van der Waals surface area contributed by atoms with Crippen LogP contribution in [-0.2, 0) is 18.4 Å². The molecule has 10 nitrogen and oxygen atoms in total. The van der Waals surface area contributed by atoms with Crippen molar-refractivity contribution in [2.75, 3.05) is 5.32 Å². The maximum absolute atomic E-state index is 15.2. The van der Waals surface area contributed by atoms with Crippen molar-refractivity contribution in [2.24, 2.45) is 24.8 Å². The maximum Gasteiger partial charge on any atom is 0.270 e. The van der Waals surface area contributed by atoms with E-state index in [1.54, 1.807) is 43.0 Å². The zero-order chi connectivity index (χ0) is 28.9. The third-order valence-electron chi connectivity index (χ3n) is 8.94. The number of aromatic nitrogens is 6. The summed E-state index contributed by atoms with van der Waals surface area (Å²) >= 11 is 0. The topological polar surface area (TPSA) is 120 Å². The summed E-state index contributed by atoms with van der Waals surface area (Å²) in [4.78, 5) is 31.8. The Bertz CT molecular complexity index is 1320. The number of pyridine rings is 1. The molecular formula is C30H41FN8O2. The normalized spacial score (nSPS) is 17.5. The minimum atomic E-state index is -0.776. The second kappa shape index (κ2) is 12.9. The summed E-state index contributed by atoms with van der Waals surface area (Å²) < 4.78 is 18.4. The second-order valence-corrected chi connectivity index (χ2v) is 11.5. The van der Waals surface area contributed by atoms with E-state index in [2.05, 4.69) is 31.0 Å². The SMILES string of the molecule is CCn1nccc1C(=O)N[C@H](C(=O)Nc1ccc(-c2c(C)nnn2C)c(F)n1)C(C1CCCCC1)C1CCCCC1. The third-order valence-corrected chi connectivity index (χ3v) is 8.94. The van der Waals surface area contributed by atoms with Crippen LogP contribution in [0.5, 0.6) is 0 Å². The van der Waals surface area contributed by atoms with Crippen LogP contribution in [0.15, 0.2) is 24.4 Å². The highest BCUT2D eigenvalue weighted by atomic mass is 19.1. The van der Waals surface area contributed by atoms with Gasteiger partial charge in [0.05, 0.1) is 17.0 Å². The summed E-state index contributed by atoms with van der Waals surface area (Å²) in [5.74, 6) is -0.634. The molecule has 220 valence electrons. The van der Waals surface area contributed by atoms with Crippen LogP contribution in [0.3, 0.4) is 0 Å². The monoisotopic (exact) mass is 564 g/mol. The summed E-state index contributed by atoms with van der Waals surface area (Å²) in [6, 6.07) is 4.07. The van der Waals surface area contributed by atoms with Crippen LogP contribution >= 0.6 is 0 Å². The van der Waals surface area contributed by atoms with E-state index in [9.17, 15) is 9.59 Å². The molecule has 0 aromatic carbocycles. The lowest BCUT2D eigenvalue weighted by atomic mass is 9.66. The second-order valence-electron chi connectivity index (χ2n) is 11.5. The summed E-state index contributed by atoms with van der Waals surface area (Å²) in [6.07, 6.45) is 12.7. The Morgan fingerprint density at radius 1 is 1.02 bits per heavy atom. The van der Waals surface area contributed by atoms with Crippen LogP contribution in [0.4, 0.5) is 10.2 Å². The molecule has 0 radical (unpaired) electrons. The molecule has 5 rings (SSSR count). The lowest BCUT2D eigenvalue weighted by molar-refractivity contribution is -0.121. The fraction of sp³-hybridized carbons (Fsp3) is 0.600. The van der Waals surface area contributed by atoms with E-state index in [1.807, 2.05) is 6.92 Å². The molecule has 2 saturated carbocycles. The average molecular weight is 565 g/mol. The molecule has 0 unspecified atom stereocenters. The number of halogens is 1. The Kier molecular flexibility index (Phi) is 9.09. The highest BCUT2D eigenvalue weighted by Crippen LogP contribution is 2.42. The van der Waals surface area contributed by atoms with Crippen molar-refractivity contribution >= 4 is 17.6 Å². The van der Waals surface area contributed by atoms with Crippen LogP contribution < -0.4 is 10.6 Å². The zero-order valence-corrected chi connectivity index (χ0v) is 24.3. The Balaban J connectivity index is 1.46. The van der Waals surface area contributed by atoms with Gasteiger partial charge >= 0.3 is 0 Å². The van der Waals surface area contributed by atoms with Gasteiger partial charge < -0.3 is 10.6 Å². The van der Waals surface area contributed by atoms with Gasteiger partial charge in [-0.3, -0.25) is 14.3 Å². The first-order chi connectivity index (χ1) is 19.9. The highest BCUT2D eigenvalue weighted by Gasteiger charge is 2.41. The number of hydrogen-bond acceptors (Lipinski definition) is 6. The van der Waals surface area contributed by atoms with Gasteiger partial charge in [-0.2, -0.15) is 9.49 Å². The van der Waals surface area contributed by atoms with Crippen LogP contribution in [0.1, 0.15) is 87.3 Å². The highest BCUT2D eigenvalue weighted by molar-refractivity contribution is 6.00. The third kappa shape index (κ3) is 6.33. The minimum absolute atomic E-state index is 0.00941. The lowest BCUT2D eigenvalue weighted by Crippen LogP contribution is -2.53. The standard InChI is InChI=1S/C30H41FN8O2/c1-4-39-23(17-18-32-39)29(40)35-26(25(20-11-7-5-8-12-20)21-13-9-6-10-14-21)30(41)34-24-16-15-22(28(31)33-24)27-19(2)36-37-38(27)3/h15-18,20-21,25-26H,4-14H2,1-3H3,(H,35,40)(H,33,34,41)/t26-/m0/s1. The van der Waals surface area contributed by atoms with E-state index in [0.717, 1.165) is 51.4 Å². The Hall–Kier alpha value is -3.63. The van der Waals surface area contributed by atoms with Gasteiger partial charge in [0.15, 0.2) is 0 Å². The molecule has 1 atom stereocenters. The molecule has 0 saturated heterocycles. The van der Waals surface area contributed by atoms with E-state index in [4.69, 9.17) is 0 Å². The molecule has 11 heteroatoms. The van der Waals surface area contributed by atoms with E-state index in [-0.39, 0.29) is 29.1 Å². The van der Waals surface area contributed by atoms with Crippen molar-refractivity contribution in [2.45, 2.75) is 90.6 Å². The molecule has 0 spiro atoms.